The van der Waals surface area contributed by atoms with Gasteiger partial charge in [0, 0.05) is 5.70 Å². The highest BCUT2D eigenvalue weighted by molar-refractivity contribution is 6.01. The number of nitriles is 1. The van der Waals surface area contributed by atoms with Crippen LogP contribution in [0.25, 0.3) is 0 Å². The second-order valence-electron chi connectivity index (χ2n) is 9.56. The zero-order valence-corrected chi connectivity index (χ0v) is 17.2. The molecular weight excluding hydrogens is 364 g/mol. The quantitative estimate of drug-likeness (QED) is 0.468. The van der Waals surface area contributed by atoms with Gasteiger partial charge in [-0.1, -0.05) is 29.8 Å². The number of carbonyl (C=O) groups is 2. The Morgan fingerprint density at radius 1 is 1.17 bits per heavy atom. The molecule has 2 atom stereocenters. The largest absolute Gasteiger partial charge is 0.457 e. The molecule has 0 amide bonds. The Bertz CT molecular complexity index is 904. The predicted octanol–water partition coefficient (Wildman–Crippen LogP) is 3.70. The van der Waals surface area contributed by atoms with Gasteiger partial charge in [0.05, 0.1) is 5.41 Å². The summed E-state index contributed by atoms with van der Waals surface area (Å²) in [6.07, 6.45) is 5.94. The fourth-order valence-corrected chi connectivity index (χ4v) is 6.47. The fourth-order valence-electron chi connectivity index (χ4n) is 6.47. The SMILES string of the molecule is C/C(N)=C(/C#N)C(=O)COC(=O)C12CC3CC(C1)CC(c1ccc(C)cc1)(C3)C2. The molecule has 1 aromatic rings. The number of carbonyl (C=O) groups excluding carboxylic acids is 2. The monoisotopic (exact) mass is 392 g/mol. The average Bonchev–Trinajstić information content (AvgIpc) is 2.65. The lowest BCUT2D eigenvalue weighted by atomic mass is 9.43. The molecule has 4 aliphatic rings. The zero-order chi connectivity index (χ0) is 20.8. The van der Waals surface area contributed by atoms with Crippen molar-refractivity contribution in [2.24, 2.45) is 23.0 Å². The Morgan fingerprint density at radius 3 is 2.34 bits per heavy atom. The summed E-state index contributed by atoms with van der Waals surface area (Å²) in [4.78, 5) is 25.4. The summed E-state index contributed by atoms with van der Waals surface area (Å²) in [6, 6.07) is 10.6. The first-order valence-electron chi connectivity index (χ1n) is 10.4. The molecule has 0 radical (unpaired) electrons. The lowest BCUT2D eigenvalue weighted by Gasteiger charge is -2.61. The molecule has 4 bridgehead atoms. The molecule has 4 fully saturated rings. The van der Waals surface area contributed by atoms with Gasteiger partial charge in [-0.05, 0) is 75.2 Å². The molecule has 4 saturated carbocycles. The average molecular weight is 392 g/mol. The van der Waals surface area contributed by atoms with E-state index < -0.39 is 17.8 Å². The number of hydrogen-bond acceptors (Lipinski definition) is 5. The summed E-state index contributed by atoms with van der Waals surface area (Å²) in [5.41, 5.74) is 7.71. The molecule has 5 heteroatoms. The molecule has 4 aliphatic carbocycles. The second kappa shape index (κ2) is 7.02. The highest BCUT2D eigenvalue weighted by Gasteiger charge is 2.61. The van der Waals surface area contributed by atoms with Gasteiger partial charge in [-0.25, -0.2) is 0 Å². The lowest BCUT2D eigenvalue weighted by molar-refractivity contribution is -0.175. The third-order valence-corrected chi connectivity index (χ3v) is 7.28. The number of ketones is 1. The number of rotatable bonds is 5. The molecule has 5 nitrogen and oxygen atoms in total. The molecule has 0 spiro atoms. The van der Waals surface area contributed by atoms with Crippen molar-refractivity contribution >= 4 is 11.8 Å². The van der Waals surface area contributed by atoms with Crippen LogP contribution in [0, 0.1) is 35.5 Å². The molecule has 5 rings (SSSR count). The number of benzene rings is 1. The second-order valence-corrected chi connectivity index (χ2v) is 9.56. The number of Topliss-reactive ketones (excluding diaryl/α,β-unsaturated/α-hetero) is 1. The first-order valence-corrected chi connectivity index (χ1v) is 10.4. The Balaban J connectivity index is 1.55. The molecule has 29 heavy (non-hydrogen) atoms. The minimum atomic E-state index is -0.529. The minimum absolute atomic E-state index is 0.0341. The number of allylic oxidation sites excluding steroid dienone is 1. The van der Waals surface area contributed by atoms with Gasteiger partial charge < -0.3 is 10.5 Å². The Hall–Kier alpha value is -2.61. The van der Waals surface area contributed by atoms with Crippen molar-refractivity contribution in [1.29, 1.82) is 5.26 Å². The van der Waals surface area contributed by atoms with Crippen LogP contribution in [-0.2, 0) is 19.7 Å². The van der Waals surface area contributed by atoms with Gasteiger partial charge in [-0.15, -0.1) is 0 Å². The van der Waals surface area contributed by atoms with Crippen molar-refractivity contribution in [2.45, 2.75) is 57.8 Å². The van der Waals surface area contributed by atoms with E-state index in [1.54, 1.807) is 6.07 Å². The van der Waals surface area contributed by atoms with E-state index in [9.17, 15) is 9.59 Å². The van der Waals surface area contributed by atoms with Crippen LogP contribution in [0.2, 0.25) is 0 Å². The summed E-state index contributed by atoms with van der Waals surface area (Å²) in [5.74, 6) is 0.255. The highest BCUT2D eigenvalue weighted by atomic mass is 16.5. The number of aryl methyl sites for hydroxylation is 1. The van der Waals surface area contributed by atoms with Crippen LogP contribution >= 0.6 is 0 Å². The Kier molecular flexibility index (Phi) is 4.77. The van der Waals surface area contributed by atoms with Gasteiger partial charge in [0.25, 0.3) is 0 Å². The van der Waals surface area contributed by atoms with Crippen molar-refractivity contribution in [1.82, 2.24) is 0 Å². The molecule has 1 aromatic carbocycles. The number of nitrogens with two attached hydrogens (primary N) is 1. The highest BCUT2D eigenvalue weighted by Crippen LogP contribution is 2.66. The molecule has 2 N–H and O–H groups in total. The third-order valence-electron chi connectivity index (χ3n) is 7.28. The van der Waals surface area contributed by atoms with Gasteiger partial charge in [0.2, 0.25) is 5.78 Å². The lowest BCUT2D eigenvalue weighted by Crippen LogP contribution is -2.57. The maximum Gasteiger partial charge on any atom is 0.312 e. The van der Waals surface area contributed by atoms with Gasteiger partial charge in [0.1, 0.15) is 11.6 Å². The van der Waals surface area contributed by atoms with E-state index in [1.807, 2.05) is 0 Å². The molecule has 2 unspecified atom stereocenters. The van der Waals surface area contributed by atoms with Crippen LogP contribution < -0.4 is 5.73 Å². The summed E-state index contributed by atoms with van der Waals surface area (Å²) in [7, 11) is 0. The first kappa shape index (κ1) is 19.7. The van der Waals surface area contributed by atoms with Crippen LogP contribution in [0.4, 0.5) is 0 Å². The van der Waals surface area contributed by atoms with E-state index in [0.717, 1.165) is 32.1 Å². The molecular formula is C24H28N2O3. The van der Waals surface area contributed by atoms with Crippen LogP contribution in [0.1, 0.15) is 56.6 Å². The van der Waals surface area contributed by atoms with Crippen molar-refractivity contribution in [3.05, 3.63) is 46.7 Å². The standard InChI is InChI=1S/C24H28N2O3/c1-15-3-5-19(6-4-15)23-8-17-7-18(9-23)11-24(10-17,14-23)22(28)29-13-21(27)20(12-25)16(2)26/h3-6,17-18H,7-11,13-14,26H2,1-2H3/b20-16+. The van der Waals surface area contributed by atoms with Crippen molar-refractivity contribution in [2.75, 3.05) is 6.61 Å². The molecule has 0 heterocycles. The first-order chi connectivity index (χ1) is 13.8. The normalized spacial score (nSPS) is 33.0. The van der Waals surface area contributed by atoms with Crippen molar-refractivity contribution in [3.8, 4) is 6.07 Å². The molecule has 0 aliphatic heterocycles. The van der Waals surface area contributed by atoms with Crippen LogP contribution in [-0.4, -0.2) is 18.4 Å². The van der Waals surface area contributed by atoms with E-state index in [2.05, 4.69) is 31.2 Å². The zero-order valence-electron chi connectivity index (χ0n) is 17.2. The topological polar surface area (TPSA) is 93.2 Å². The summed E-state index contributed by atoms with van der Waals surface area (Å²) in [5, 5.41) is 9.09. The minimum Gasteiger partial charge on any atom is -0.457 e. The van der Waals surface area contributed by atoms with E-state index in [-0.39, 0.29) is 22.7 Å². The summed E-state index contributed by atoms with van der Waals surface area (Å²) in [6.45, 7) is 3.18. The van der Waals surface area contributed by atoms with Gasteiger partial charge >= 0.3 is 5.97 Å². The van der Waals surface area contributed by atoms with E-state index in [1.165, 1.54) is 24.5 Å². The number of hydrogen-bond donors (Lipinski definition) is 1. The maximum absolute atomic E-state index is 13.2. The summed E-state index contributed by atoms with van der Waals surface area (Å²) >= 11 is 0. The van der Waals surface area contributed by atoms with Gasteiger partial charge in [-0.2, -0.15) is 5.26 Å². The van der Waals surface area contributed by atoms with Crippen molar-refractivity contribution < 1.29 is 14.3 Å². The predicted molar refractivity (Wildman–Crippen MR) is 108 cm³/mol. The number of esters is 1. The smallest absolute Gasteiger partial charge is 0.312 e. The van der Waals surface area contributed by atoms with Crippen LogP contribution in [0.15, 0.2) is 35.5 Å². The maximum atomic E-state index is 13.2. The Labute approximate surface area is 171 Å². The molecule has 152 valence electrons. The van der Waals surface area contributed by atoms with Gasteiger partial charge in [-0.3, -0.25) is 9.59 Å². The Morgan fingerprint density at radius 2 is 1.79 bits per heavy atom. The van der Waals surface area contributed by atoms with E-state index in [0.29, 0.717) is 11.8 Å². The number of ether oxygens (including phenoxy) is 1. The molecule has 0 saturated heterocycles. The number of nitrogens with zero attached hydrogens (tertiary/aromatic N) is 1. The third kappa shape index (κ3) is 3.35. The van der Waals surface area contributed by atoms with Crippen LogP contribution in [0.3, 0.4) is 0 Å². The summed E-state index contributed by atoms with van der Waals surface area (Å²) < 4.78 is 5.49. The van der Waals surface area contributed by atoms with Crippen molar-refractivity contribution in [3.63, 3.8) is 0 Å². The fraction of sp³-hybridized carbons (Fsp3) is 0.542. The van der Waals surface area contributed by atoms with E-state index >= 15 is 0 Å². The molecule has 0 aromatic heterocycles. The van der Waals surface area contributed by atoms with E-state index in [4.69, 9.17) is 15.7 Å². The van der Waals surface area contributed by atoms with Gasteiger partial charge in [0.15, 0.2) is 6.61 Å². The van der Waals surface area contributed by atoms with Crippen LogP contribution in [0.5, 0.6) is 0 Å².